The minimum Gasteiger partial charge on any atom is -0.324 e. The molecule has 1 atom stereocenters. The summed E-state index contributed by atoms with van der Waals surface area (Å²) < 4.78 is 3.06. The van der Waals surface area contributed by atoms with Crippen LogP contribution in [0.1, 0.15) is 13.0 Å². The Bertz CT molecular complexity index is 779. The highest BCUT2D eigenvalue weighted by molar-refractivity contribution is 5.93. The maximum atomic E-state index is 12.2. The van der Waals surface area contributed by atoms with E-state index in [4.69, 9.17) is 0 Å². The number of aryl methyl sites for hydroxylation is 1. The number of aromatic nitrogens is 7. The summed E-state index contributed by atoms with van der Waals surface area (Å²) in [6.45, 7) is 1.75. The highest BCUT2D eigenvalue weighted by Gasteiger charge is 2.16. The maximum Gasteiger partial charge on any atom is 0.249 e. The number of carbonyl (C=O) groups is 1. The summed E-state index contributed by atoms with van der Waals surface area (Å²) in [6, 6.07) is 6.88. The van der Waals surface area contributed by atoms with Crippen molar-refractivity contribution in [1.29, 1.82) is 0 Å². The third kappa shape index (κ3) is 2.68. The summed E-state index contributed by atoms with van der Waals surface area (Å²) in [6.07, 6.45) is 2.90. The highest BCUT2D eigenvalue weighted by Crippen LogP contribution is 2.20. The summed E-state index contributed by atoms with van der Waals surface area (Å²) in [5.74, 6) is 0.444. The molecule has 2 aromatic heterocycles. The smallest absolute Gasteiger partial charge is 0.249 e. The number of tetrazole rings is 1. The van der Waals surface area contributed by atoms with Crippen molar-refractivity contribution in [3.63, 3.8) is 0 Å². The maximum absolute atomic E-state index is 12.2. The molecule has 2 heterocycles. The molecule has 0 saturated heterocycles. The van der Waals surface area contributed by atoms with Gasteiger partial charge in [0.15, 0.2) is 5.82 Å². The number of anilines is 1. The zero-order chi connectivity index (χ0) is 15.5. The Hall–Kier alpha value is -3.10. The van der Waals surface area contributed by atoms with Crippen molar-refractivity contribution in [3.8, 4) is 11.4 Å². The Labute approximate surface area is 126 Å². The lowest BCUT2D eigenvalue weighted by molar-refractivity contribution is -0.119. The van der Waals surface area contributed by atoms with Crippen molar-refractivity contribution >= 4 is 11.6 Å². The number of rotatable bonds is 4. The number of hydrogen-bond acceptors (Lipinski definition) is 6. The lowest BCUT2D eigenvalue weighted by Crippen LogP contribution is -2.24. The molecular weight excluding hydrogens is 284 g/mol. The molecule has 0 fully saturated rings. The SMILES string of the molecule is CC(C(=O)Nc1cccc(-c2nnnn2C)c1)n1cncn1. The molecule has 0 aliphatic rings. The van der Waals surface area contributed by atoms with E-state index in [1.165, 1.54) is 17.3 Å². The van der Waals surface area contributed by atoms with Gasteiger partial charge in [0.05, 0.1) is 0 Å². The summed E-state index contributed by atoms with van der Waals surface area (Å²) in [5.41, 5.74) is 1.48. The van der Waals surface area contributed by atoms with E-state index in [1.54, 1.807) is 24.7 Å². The van der Waals surface area contributed by atoms with Gasteiger partial charge in [-0.15, -0.1) is 5.10 Å². The lowest BCUT2D eigenvalue weighted by atomic mass is 10.2. The summed E-state index contributed by atoms with van der Waals surface area (Å²) >= 11 is 0. The second-order valence-corrected chi connectivity index (χ2v) is 4.75. The van der Waals surface area contributed by atoms with Crippen LogP contribution in [0.2, 0.25) is 0 Å². The van der Waals surface area contributed by atoms with Crippen LogP contribution in [0.5, 0.6) is 0 Å². The van der Waals surface area contributed by atoms with E-state index in [0.29, 0.717) is 11.5 Å². The van der Waals surface area contributed by atoms with E-state index in [9.17, 15) is 4.79 Å². The molecule has 9 nitrogen and oxygen atoms in total. The van der Waals surface area contributed by atoms with E-state index in [1.807, 2.05) is 18.2 Å². The first-order valence-corrected chi connectivity index (χ1v) is 6.63. The average molecular weight is 298 g/mol. The molecular formula is C13H14N8O. The topological polar surface area (TPSA) is 103 Å². The normalized spacial score (nSPS) is 12.1. The molecule has 9 heteroatoms. The van der Waals surface area contributed by atoms with Crippen LogP contribution in [0.25, 0.3) is 11.4 Å². The first-order chi connectivity index (χ1) is 10.6. The van der Waals surface area contributed by atoms with Crippen LogP contribution >= 0.6 is 0 Å². The van der Waals surface area contributed by atoms with Gasteiger partial charge < -0.3 is 5.32 Å². The number of carbonyl (C=O) groups excluding carboxylic acids is 1. The van der Waals surface area contributed by atoms with Gasteiger partial charge in [-0.3, -0.25) is 4.79 Å². The molecule has 0 saturated carbocycles. The van der Waals surface area contributed by atoms with E-state index < -0.39 is 6.04 Å². The van der Waals surface area contributed by atoms with Gasteiger partial charge in [-0.25, -0.2) is 14.3 Å². The Morgan fingerprint density at radius 1 is 1.36 bits per heavy atom. The summed E-state index contributed by atoms with van der Waals surface area (Å²) in [4.78, 5) is 16.1. The number of hydrogen-bond donors (Lipinski definition) is 1. The monoisotopic (exact) mass is 298 g/mol. The molecule has 1 aromatic carbocycles. The molecule has 1 N–H and O–H groups in total. The van der Waals surface area contributed by atoms with Crippen LogP contribution < -0.4 is 5.32 Å². The van der Waals surface area contributed by atoms with Crippen LogP contribution in [0.15, 0.2) is 36.9 Å². The van der Waals surface area contributed by atoms with Crippen LogP contribution in [0.4, 0.5) is 5.69 Å². The van der Waals surface area contributed by atoms with Gasteiger partial charge in [-0.05, 0) is 29.5 Å². The predicted octanol–water partition coefficient (Wildman–Crippen LogP) is 0.668. The largest absolute Gasteiger partial charge is 0.324 e. The Morgan fingerprint density at radius 3 is 2.91 bits per heavy atom. The molecule has 0 bridgehead atoms. The van der Waals surface area contributed by atoms with Crippen molar-refractivity contribution in [1.82, 2.24) is 35.0 Å². The Balaban J connectivity index is 1.79. The first-order valence-electron chi connectivity index (χ1n) is 6.63. The minimum atomic E-state index is -0.456. The second kappa shape index (κ2) is 5.72. The number of nitrogens with zero attached hydrogens (tertiary/aromatic N) is 7. The number of nitrogens with one attached hydrogen (secondary N) is 1. The number of benzene rings is 1. The zero-order valence-electron chi connectivity index (χ0n) is 12.1. The molecule has 22 heavy (non-hydrogen) atoms. The third-order valence-electron chi connectivity index (χ3n) is 3.22. The highest BCUT2D eigenvalue weighted by atomic mass is 16.2. The molecule has 1 amide bonds. The molecule has 0 aliphatic heterocycles. The Morgan fingerprint density at radius 2 is 2.23 bits per heavy atom. The third-order valence-corrected chi connectivity index (χ3v) is 3.22. The van der Waals surface area contributed by atoms with Crippen molar-refractivity contribution in [2.75, 3.05) is 5.32 Å². The quantitative estimate of drug-likeness (QED) is 0.759. The van der Waals surface area contributed by atoms with Gasteiger partial charge in [-0.1, -0.05) is 12.1 Å². The molecule has 0 spiro atoms. The Kier molecular flexibility index (Phi) is 3.60. The van der Waals surface area contributed by atoms with Crippen LogP contribution in [0, 0.1) is 0 Å². The second-order valence-electron chi connectivity index (χ2n) is 4.75. The fourth-order valence-corrected chi connectivity index (χ4v) is 1.99. The van der Waals surface area contributed by atoms with E-state index in [-0.39, 0.29) is 5.91 Å². The summed E-state index contributed by atoms with van der Waals surface area (Å²) in [7, 11) is 1.76. The molecule has 0 radical (unpaired) electrons. The van der Waals surface area contributed by atoms with Crippen molar-refractivity contribution in [2.45, 2.75) is 13.0 Å². The van der Waals surface area contributed by atoms with Gasteiger partial charge >= 0.3 is 0 Å². The number of amides is 1. The van der Waals surface area contributed by atoms with Gasteiger partial charge in [0.2, 0.25) is 5.91 Å². The van der Waals surface area contributed by atoms with Crippen molar-refractivity contribution in [2.24, 2.45) is 7.05 Å². The van der Waals surface area contributed by atoms with Gasteiger partial charge in [0.25, 0.3) is 0 Å². The first kappa shape index (κ1) is 13.9. The van der Waals surface area contributed by atoms with E-state index >= 15 is 0 Å². The fourth-order valence-electron chi connectivity index (χ4n) is 1.99. The van der Waals surface area contributed by atoms with Crippen molar-refractivity contribution < 1.29 is 4.79 Å². The lowest BCUT2D eigenvalue weighted by Gasteiger charge is -2.12. The van der Waals surface area contributed by atoms with Crippen LogP contribution in [0.3, 0.4) is 0 Å². The molecule has 112 valence electrons. The van der Waals surface area contributed by atoms with E-state index in [0.717, 1.165) is 5.56 Å². The molecule has 0 aliphatic carbocycles. The minimum absolute atomic E-state index is 0.182. The van der Waals surface area contributed by atoms with Crippen LogP contribution in [-0.4, -0.2) is 40.9 Å². The molecule has 3 rings (SSSR count). The van der Waals surface area contributed by atoms with E-state index in [2.05, 4.69) is 30.9 Å². The van der Waals surface area contributed by atoms with Crippen molar-refractivity contribution in [3.05, 3.63) is 36.9 Å². The molecule has 1 unspecified atom stereocenters. The van der Waals surface area contributed by atoms with Crippen LogP contribution in [-0.2, 0) is 11.8 Å². The standard InChI is InChI=1S/C13H14N8O/c1-9(21-8-14-7-15-21)13(22)16-11-5-3-4-10(6-11)12-17-18-19-20(12)2/h3-9H,1-2H3,(H,16,22). The molecule has 3 aromatic rings. The fraction of sp³-hybridized carbons (Fsp3) is 0.231. The van der Waals surface area contributed by atoms with Gasteiger partial charge in [0.1, 0.15) is 18.7 Å². The van der Waals surface area contributed by atoms with Gasteiger partial charge in [-0.2, -0.15) is 5.10 Å². The summed E-state index contributed by atoms with van der Waals surface area (Å²) in [5, 5.41) is 18.2. The predicted molar refractivity (Wildman–Crippen MR) is 77.6 cm³/mol. The average Bonchev–Trinajstić information content (AvgIpc) is 3.18. The zero-order valence-corrected chi connectivity index (χ0v) is 12.1. The van der Waals surface area contributed by atoms with Gasteiger partial charge in [0, 0.05) is 18.3 Å².